The van der Waals surface area contributed by atoms with Gasteiger partial charge in [0.25, 0.3) is 5.91 Å². The van der Waals surface area contributed by atoms with Crippen molar-refractivity contribution in [2.24, 2.45) is 5.92 Å². The van der Waals surface area contributed by atoms with Crippen LogP contribution in [0.2, 0.25) is 0 Å². The normalized spacial score (nSPS) is 11.1. The van der Waals surface area contributed by atoms with Crippen LogP contribution in [0.3, 0.4) is 0 Å². The van der Waals surface area contributed by atoms with Crippen molar-refractivity contribution in [1.82, 2.24) is 15.1 Å². The Bertz CT molecular complexity index is 690. The van der Waals surface area contributed by atoms with E-state index in [-0.39, 0.29) is 5.91 Å². The van der Waals surface area contributed by atoms with Crippen LogP contribution >= 0.6 is 0 Å². The van der Waals surface area contributed by atoms with Gasteiger partial charge in [-0.3, -0.25) is 9.48 Å². The van der Waals surface area contributed by atoms with Crippen LogP contribution in [0.4, 0.5) is 8.78 Å². The van der Waals surface area contributed by atoms with E-state index in [0.29, 0.717) is 36.7 Å². The minimum absolute atomic E-state index is 0.226. The van der Waals surface area contributed by atoms with Crippen molar-refractivity contribution >= 4 is 5.91 Å². The van der Waals surface area contributed by atoms with Crippen molar-refractivity contribution in [3.8, 4) is 0 Å². The van der Waals surface area contributed by atoms with Crippen LogP contribution in [0.1, 0.15) is 42.5 Å². The van der Waals surface area contributed by atoms with E-state index in [0.717, 1.165) is 18.2 Å². The zero-order chi connectivity index (χ0) is 17.7. The first-order chi connectivity index (χ1) is 11.4. The number of carbonyl (C=O) groups is 1. The van der Waals surface area contributed by atoms with Gasteiger partial charge in [0.05, 0.1) is 5.69 Å². The van der Waals surface area contributed by atoms with Gasteiger partial charge in [-0.1, -0.05) is 13.8 Å². The van der Waals surface area contributed by atoms with Gasteiger partial charge in [0, 0.05) is 19.2 Å². The number of hydrogen-bond acceptors (Lipinski definition) is 2. The summed E-state index contributed by atoms with van der Waals surface area (Å²) in [5.74, 6) is -0.988. The molecule has 0 saturated carbocycles. The highest BCUT2D eigenvalue weighted by Gasteiger charge is 2.15. The summed E-state index contributed by atoms with van der Waals surface area (Å²) in [6.07, 6.45) is 1.18. The maximum atomic E-state index is 13.1. The molecule has 0 aliphatic carbocycles. The van der Waals surface area contributed by atoms with Crippen molar-refractivity contribution < 1.29 is 13.6 Å². The van der Waals surface area contributed by atoms with E-state index < -0.39 is 11.6 Å². The lowest BCUT2D eigenvalue weighted by Crippen LogP contribution is -2.28. The largest absolute Gasteiger partial charge is 0.350 e. The highest BCUT2D eigenvalue weighted by Crippen LogP contribution is 2.11. The molecule has 1 aromatic carbocycles. The topological polar surface area (TPSA) is 46.9 Å². The number of rotatable bonds is 7. The molecule has 0 atom stereocenters. The molecule has 0 unspecified atom stereocenters. The molecular weight excluding hydrogens is 312 g/mol. The summed E-state index contributed by atoms with van der Waals surface area (Å²) in [4.78, 5) is 12.3. The number of aromatic nitrogens is 2. The summed E-state index contributed by atoms with van der Waals surface area (Å²) in [5.41, 5.74) is 1.92. The molecule has 1 N–H and O–H groups in total. The number of nitrogens with one attached hydrogen (secondary N) is 1. The van der Waals surface area contributed by atoms with Crippen molar-refractivity contribution in [3.63, 3.8) is 0 Å². The van der Waals surface area contributed by atoms with Crippen LogP contribution in [-0.2, 0) is 19.4 Å². The Morgan fingerprint density at radius 2 is 1.88 bits per heavy atom. The fraction of sp³-hybridized carbons (Fsp3) is 0.444. The van der Waals surface area contributed by atoms with E-state index in [1.54, 1.807) is 10.7 Å². The molecule has 1 amide bonds. The number of amides is 1. The summed E-state index contributed by atoms with van der Waals surface area (Å²) < 4.78 is 28.0. The number of benzene rings is 1. The van der Waals surface area contributed by atoms with Crippen LogP contribution in [-0.4, -0.2) is 22.2 Å². The lowest BCUT2D eigenvalue weighted by Gasteiger charge is -2.07. The highest BCUT2D eigenvalue weighted by molar-refractivity contribution is 5.92. The Labute approximate surface area is 140 Å². The monoisotopic (exact) mass is 335 g/mol. The molecule has 0 aliphatic heterocycles. The van der Waals surface area contributed by atoms with Crippen molar-refractivity contribution in [3.05, 3.63) is 52.9 Å². The molecule has 2 rings (SSSR count). The SMILES string of the molecule is CCn1nc(CC(C)C)cc1C(=O)NCCc1cc(F)cc(F)c1. The van der Waals surface area contributed by atoms with Gasteiger partial charge in [-0.05, 0) is 49.4 Å². The van der Waals surface area contributed by atoms with Crippen LogP contribution < -0.4 is 5.32 Å². The third kappa shape index (κ3) is 4.88. The summed E-state index contributed by atoms with van der Waals surface area (Å²) >= 11 is 0. The Morgan fingerprint density at radius 3 is 2.46 bits per heavy atom. The van der Waals surface area contributed by atoms with Crippen LogP contribution in [0.5, 0.6) is 0 Å². The second-order valence-corrected chi connectivity index (χ2v) is 6.22. The second-order valence-electron chi connectivity index (χ2n) is 6.22. The molecule has 1 aromatic heterocycles. The standard InChI is InChI=1S/C18H23F2N3O/c1-4-23-17(11-16(22-23)7-12(2)3)18(24)21-6-5-13-8-14(19)10-15(20)9-13/h8-12H,4-7H2,1-3H3,(H,21,24). The van der Waals surface area contributed by atoms with Crippen LogP contribution in [0, 0.1) is 17.6 Å². The second kappa shape index (κ2) is 8.04. The molecule has 6 heteroatoms. The lowest BCUT2D eigenvalue weighted by atomic mass is 10.1. The third-order valence-corrected chi connectivity index (χ3v) is 3.60. The van der Waals surface area contributed by atoms with Crippen LogP contribution in [0.25, 0.3) is 0 Å². The van der Waals surface area contributed by atoms with E-state index in [9.17, 15) is 13.6 Å². The summed E-state index contributed by atoms with van der Waals surface area (Å²) in [6, 6.07) is 5.18. The Kier molecular flexibility index (Phi) is 6.06. The fourth-order valence-electron chi connectivity index (χ4n) is 2.58. The number of nitrogens with zero attached hydrogens (tertiary/aromatic N) is 2. The van der Waals surface area contributed by atoms with Gasteiger partial charge in [0.1, 0.15) is 17.3 Å². The first-order valence-electron chi connectivity index (χ1n) is 8.19. The van der Waals surface area contributed by atoms with E-state index in [1.165, 1.54) is 12.1 Å². The Balaban J connectivity index is 1.98. The molecule has 0 saturated heterocycles. The number of halogens is 2. The van der Waals surface area contributed by atoms with Gasteiger partial charge in [-0.2, -0.15) is 5.10 Å². The average Bonchev–Trinajstić information content (AvgIpc) is 2.88. The van der Waals surface area contributed by atoms with Gasteiger partial charge < -0.3 is 5.32 Å². The van der Waals surface area contributed by atoms with Crippen molar-refractivity contribution in [2.45, 2.75) is 40.2 Å². The molecule has 0 fully saturated rings. The Morgan fingerprint density at radius 1 is 1.21 bits per heavy atom. The Hall–Kier alpha value is -2.24. The molecule has 2 aromatic rings. The summed E-state index contributed by atoms with van der Waals surface area (Å²) in [5, 5.41) is 7.22. The van der Waals surface area contributed by atoms with Gasteiger partial charge in [-0.25, -0.2) is 8.78 Å². The molecule has 0 bridgehead atoms. The smallest absolute Gasteiger partial charge is 0.269 e. The van der Waals surface area contributed by atoms with Gasteiger partial charge in [-0.15, -0.1) is 0 Å². The zero-order valence-corrected chi connectivity index (χ0v) is 14.3. The van der Waals surface area contributed by atoms with E-state index in [4.69, 9.17) is 0 Å². The molecule has 130 valence electrons. The molecule has 4 nitrogen and oxygen atoms in total. The first-order valence-corrected chi connectivity index (χ1v) is 8.19. The number of aryl methyl sites for hydroxylation is 1. The quantitative estimate of drug-likeness (QED) is 0.843. The summed E-state index contributed by atoms with van der Waals surface area (Å²) in [6.45, 7) is 7.04. The number of carbonyl (C=O) groups excluding carboxylic acids is 1. The maximum Gasteiger partial charge on any atom is 0.269 e. The number of hydrogen-bond donors (Lipinski definition) is 1. The lowest BCUT2D eigenvalue weighted by molar-refractivity contribution is 0.0943. The van der Waals surface area contributed by atoms with Crippen molar-refractivity contribution in [2.75, 3.05) is 6.54 Å². The highest BCUT2D eigenvalue weighted by atomic mass is 19.1. The molecular formula is C18H23F2N3O. The maximum absolute atomic E-state index is 13.1. The molecule has 0 radical (unpaired) electrons. The summed E-state index contributed by atoms with van der Waals surface area (Å²) in [7, 11) is 0. The minimum atomic E-state index is -0.612. The van der Waals surface area contributed by atoms with Crippen LogP contribution in [0.15, 0.2) is 24.3 Å². The van der Waals surface area contributed by atoms with Gasteiger partial charge in [0.15, 0.2) is 0 Å². The predicted molar refractivity (Wildman–Crippen MR) is 88.8 cm³/mol. The predicted octanol–water partition coefficient (Wildman–Crippen LogP) is 3.35. The molecule has 0 aliphatic rings. The van der Waals surface area contributed by atoms with E-state index in [1.807, 2.05) is 6.92 Å². The van der Waals surface area contributed by atoms with Crippen molar-refractivity contribution in [1.29, 1.82) is 0 Å². The molecule has 1 heterocycles. The first kappa shape index (κ1) is 18.1. The van der Waals surface area contributed by atoms with E-state index >= 15 is 0 Å². The van der Waals surface area contributed by atoms with Gasteiger partial charge in [0.2, 0.25) is 0 Å². The third-order valence-electron chi connectivity index (χ3n) is 3.60. The fourth-order valence-corrected chi connectivity index (χ4v) is 2.58. The molecule has 24 heavy (non-hydrogen) atoms. The molecule has 0 spiro atoms. The van der Waals surface area contributed by atoms with Gasteiger partial charge >= 0.3 is 0 Å². The zero-order valence-electron chi connectivity index (χ0n) is 14.3. The van der Waals surface area contributed by atoms with E-state index in [2.05, 4.69) is 24.3 Å². The average molecular weight is 335 g/mol. The minimum Gasteiger partial charge on any atom is -0.350 e.